The third kappa shape index (κ3) is 5.58. The molecule has 0 spiro atoms. The van der Waals surface area contributed by atoms with Crippen LogP contribution < -0.4 is 5.73 Å². The van der Waals surface area contributed by atoms with E-state index in [4.69, 9.17) is 5.73 Å². The number of unbranched alkanes of at least 4 members (excludes halogenated alkanes) is 1. The Bertz CT molecular complexity index is 1160. The van der Waals surface area contributed by atoms with Gasteiger partial charge in [0, 0.05) is 5.92 Å². The molecule has 5 atom stereocenters. The summed E-state index contributed by atoms with van der Waals surface area (Å²) in [5.41, 5.74) is 15.5. The minimum absolute atomic E-state index is 0.577. The Kier molecular flexibility index (Phi) is 8.19. The van der Waals surface area contributed by atoms with E-state index in [2.05, 4.69) is 66.8 Å². The molecule has 0 fully saturated rings. The molecule has 38 heavy (non-hydrogen) atoms. The van der Waals surface area contributed by atoms with Gasteiger partial charge in [0.2, 0.25) is 0 Å². The molecule has 6 aliphatic rings. The van der Waals surface area contributed by atoms with Gasteiger partial charge in [-0.05, 0) is 136 Å². The van der Waals surface area contributed by atoms with Crippen molar-refractivity contribution < 1.29 is 0 Å². The predicted molar refractivity (Wildman–Crippen MR) is 162 cm³/mol. The lowest BCUT2D eigenvalue weighted by molar-refractivity contribution is 0.332. The topological polar surface area (TPSA) is 26.0 Å². The molecular weight excluding hydrogens is 458 g/mol. The van der Waals surface area contributed by atoms with Crippen LogP contribution in [0.4, 0.5) is 0 Å². The molecular formula is C37H47N. The van der Waals surface area contributed by atoms with Gasteiger partial charge >= 0.3 is 0 Å². The minimum atomic E-state index is 0.577. The van der Waals surface area contributed by atoms with Crippen LogP contribution in [0.1, 0.15) is 89.9 Å². The van der Waals surface area contributed by atoms with E-state index in [1.165, 1.54) is 83.5 Å². The van der Waals surface area contributed by atoms with Gasteiger partial charge in [-0.2, -0.15) is 0 Å². The number of allylic oxidation sites excluding steroid dienone is 17. The van der Waals surface area contributed by atoms with Crippen molar-refractivity contribution >= 4 is 0 Å². The lowest BCUT2D eigenvalue weighted by Gasteiger charge is -2.40. The van der Waals surface area contributed by atoms with Crippen molar-refractivity contribution in [2.45, 2.75) is 89.9 Å². The SMILES string of the molecule is N/C=C\CCCC1=CCC(C2=CC=C(C3=C4C=CC=CC4C(C4=CC5C=CCCC5CC4)CC3)CC2)CC1. The standard InChI is InChI=1S/C37H47N/c38-25-7-1-2-8-27-13-15-29(16-14-27)30-17-20-31(21-18-30)34-23-24-35(37-12-6-5-11-36(34)37)33-22-19-28-9-3-4-10-32(28)26-33/h4-7,10-13,17,20,25-26,28-29,32,35,37H,1-3,8-9,14-16,18-19,21-24,38H2/b25-7-. The zero-order valence-corrected chi connectivity index (χ0v) is 23.3. The molecule has 6 rings (SSSR count). The molecule has 0 aromatic carbocycles. The maximum Gasteiger partial charge on any atom is 0.00895 e. The van der Waals surface area contributed by atoms with Crippen molar-refractivity contribution in [1.82, 2.24) is 0 Å². The third-order valence-electron chi connectivity index (χ3n) is 10.4. The van der Waals surface area contributed by atoms with Crippen molar-refractivity contribution in [2.24, 2.45) is 35.3 Å². The molecule has 0 heterocycles. The summed E-state index contributed by atoms with van der Waals surface area (Å²) in [5.74, 6) is 3.64. The molecule has 2 N–H and O–H groups in total. The summed E-state index contributed by atoms with van der Waals surface area (Å²) in [6, 6.07) is 0. The first-order chi connectivity index (χ1) is 18.8. The van der Waals surface area contributed by atoms with Crippen LogP contribution in [0.2, 0.25) is 0 Å². The molecule has 0 saturated carbocycles. The van der Waals surface area contributed by atoms with Crippen LogP contribution in [0, 0.1) is 29.6 Å². The summed E-state index contributed by atoms with van der Waals surface area (Å²) in [6.45, 7) is 0. The number of hydrogen-bond donors (Lipinski definition) is 1. The lowest BCUT2D eigenvalue weighted by atomic mass is 9.64. The van der Waals surface area contributed by atoms with Crippen LogP contribution in [0.25, 0.3) is 0 Å². The summed E-state index contributed by atoms with van der Waals surface area (Å²) in [7, 11) is 0. The monoisotopic (exact) mass is 505 g/mol. The molecule has 6 aliphatic carbocycles. The van der Waals surface area contributed by atoms with Crippen LogP contribution in [-0.2, 0) is 0 Å². The first-order valence-corrected chi connectivity index (χ1v) is 15.7. The fourth-order valence-corrected chi connectivity index (χ4v) is 8.27. The molecule has 1 nitrogen and oxygen atoms in total. The summed E-state index contributed by atoms with van der Waals surface area (Å²) >= 11 is 0. The smallest absolute Gasteiger partial charge is 0.00895 e. The lowest BCUT2D eigenvalue weighted by Crippen LogP contribution is -2.28. The van der Waals surface area contributed by atoms with Gasteiger partial charge in [-0.3, -0.25) is 0 Å². The Morgan fingerprint density at radius 3 is 2.71 bits per heavy atom. The summed E-state index contributed by atoms with van der Waals surface area (Å²) in [5, 5.41) is 0. The first-order valence-electron chi connectivity index (χ1n) is 15.7. The highest BCUT2D eigenvalue weighted by molar-refractivity contribution is 5.51. The van der Waals surface area contributed by atoms with Gasteiger partial charge in [0.05, 0.1) is 0 Å². The maximum atomic E-state index is 5.48. The van der Waals surface area contributed by atoms with E-state index in [-0.39, 0.29) is 0 Å². The van der Waals surface area contributed by atoms with Crippen LogP contribution in [0.3, 0.4) is 0 Å². The third-order valence-corrected chi connectivity index (χ3v) is 10.4. The molecule has 0 aliphatic heterocycles. The quantitative estimate of drug-likeness (QED) is 0.270. The zero-order chi connectivity index (χ0) is 25.7. The fourth-order valence-electron chi connectivity index (χ4n) is 8.27. The number of nitrogens with two attached hydrogens (primary N) is 1. The van der Waals surface area contributed by atoms with Crippen molar-refractivity contribution in [3.63, 3.8) is 0 Å². The molecule has 0 saturated heterocycles. The molecule has 0 amide bonds. The van der Waals surface area contributed by atoms with Crippen LogP contribution >= 0.6 is 0 Å². The molecule has 0 aromatic heterocycles. The van der Waals surface area contributed by atoms with E-state index in [0.717, 1.165) is 18.3 Å². The van der Waals surface area contributed by atoms with Crippen molar-refractivity contribution in [1.29, 1.82) is 0 Å². The van der Waals surface area contributed by atoms with Gasteiger partial charge in [0.1, 0.15) is 0 Å². The van der Waals surface area contributed by atoms with Crippen molar-refractivity contribution in [3.8, 4) is 0 Å². The van der Waals surface area contributed by atoms with E-state index < -0.39 is 0 Å². The van der Waals surface area contributed by atoms with E-state index in [0.29, 0.717) is 17.8 Å². The van der Waals surface area contributed by atoms with Crippen LogP contribution in [-0.4, -0.2) is 0 Å². The normalized spacial score (nSPS) is 32.9. The molecule has 0 radical (unpaired) electrons. The van der Waals surface area contributed by atoms with Gasteiger partial charge in [-0.25, -0.2) is 0 Å². The highest BCUT2D eigenvalue weighted by atomic mass is 14.5. The Morgan fingerprint density at radius 2 is 1.87 bits per heavy atom. The second kappa shape index (κ2) is 12.1. The molecule has 0 aromatic rings. The van der Waals surface area contributed by atoms with E-state index >= 15 is 0 Å². The molecule has 0 bridgehead atoms. The largest absolute Gasteiger partial charge is 0.405 e. The number of hydrogen-bond acceptors (Lipinski definition) is 1. The number of fused-ring (bicyclic) bond motifs is 2. The zero-order valence-electron chi connectivity index (χ0n) is 23.3. The maximum absolute atomic E-state index is 5.48. The van der Waals surface area contributed by atoms with E-state index in [1.54, 1.807) is 39.6 Å². The highest BCUT2D eigenvalue weighted by Crippen LogP contribution is 2.49. The fraction of sp³-hybridized carbons (Fsp3) is 0.514. The second-order valence-corrected chi connectivity index (χ2v) is 12.6. The van der Waals surface area contributed by atoms with Gasteiger partial charge in [0.15, 0.2) is 0 Å². The van der Waals surface area contributed by atoms with E-state index in [1.807, 2.05) is 0 Å². The first kappa shape index (κ1) is 25.7. The number of rotatable bonds is 7. The van der Waals surface area contributed by atoms with Crippen LogP contribution in [0.5, 0.6) is 0 Å². The van der Waals surface area contributed by atoms with Gasteiger partial charge in [0.25, 0.3) is 0 Å². The summed E-state index contributed by atoms with van der Waals surface area (Å²) in [6.07, 6.45) is 46.5. The summed E-state index contributed by atoms with van der Waals surface area (Å²) < 4.78 is 0. The van der Waals surface area contributed by atoms with Crippen LogP contribution in [0.15, 0.2) is 106 Å². The Labute approximate surface area is 231 Å². The van der Waals surface area contributed by atoms with E-state index in [9.17, 15) is 0 Å². The van der Waals surface area contributed by atoms with Gasteiger partial charge in [-0.15, -0.1) is 0 Å². The molecule has 200 valence electrons. The average molecular weight is 506 g/mol. The summed E-state index contributed by atoms with van der Waals surface area (Å²) in [4.78, 5) is 0. The molecule has 1 heteroatoms. The van der Waals surface area contributed by atoms with Gasteiger partial charge < -0.3 is 5.73 Å². The average Bonchev–Trinajstić information content (AvgIpc) is 2.99. The van der Waals surface area contributed by atoms with Gasteiger partial charge in [-0.1, -0.05) is 83.6 Å². The Balaban J connectivity index is 1.14. The minimum Gasteiger partial charge on any atom is -0.405 e. The second-order valence-electron chi connectivity index (χ2n) is 12.6. The highest BCUT2D eigenvalue weighted by Gasteiger charge is 2.36. The Morgan fingerprint density at radius 1 is 0.895 bits per heavy atom. The predicted octanol–water partition coefficient (Wildman–Crippen LogP) is 9.75. The van der Waals surface area contributed by atoms with Crippen molar-refractivity contribution in [3.05, 3.63) is 106 Å². The van der Waals surface area contributed by atoms with Crippen molar-refractivity contribution in [2.75, 3.05) is 0 Å². The molecule has 5 unspecified atom stereocenters. The Hall–Kier alpha value is -2.54.